The number of anilines is 2. The Labute approximate surface area is 526 Å². The second-order valence-electron chi connectivity index (χ2n) is 29.2. The molecule has 4 aromatic heterocycles. The summed E-state index contributed by atoms with van der Waals surface area (Å²) in [5.74, 6) is -0.0530. The molecule has 16 nitrogen and oxygen atoms in total. The van der Waals surface area contributed by atoms with Crippen molar-refractivity contribution in [3.63, 3.8) is 0 Å². The third-order valence-corrected chi connectivity index (χ3v) is 25.8. The van der Waals surface area contributed by atoms with Crippen LogP contribution in [0.5, 0.6) is 0 Å². The third kappa shape index (κ3) is 13.7. The van der Waals surface area contributed by atoms with E-state index in [4.69, 9.17) is 28.2 Å². The van der Waals surface area contributed by atoms with E-state index in [1.807, 2.05) is 75.5 Å². The monoisotopic (exact) mass is 1250 g/mol. The molecular formula is C69H90N8O8S2Si. The number of ether oxygens (including phenoxy) is 2. The van der Waals surface area contributed by atoms with Crippen molar-refractivity contribution in [2.24, 2.45) is 21.7 Å². The van der Waals surface area contributed by atoms with Crippen LogP contribution in [-0.2, 0) is 37.6 Å². The number of esters is 1. The third-order valence-electron chi connectivity index (χ3n) is 18.6. The fraction of sp³-hybridized carbons (Fsp3) is 0.507. The summed E-state index contributed by atoms with van der Waals surface area (Å²) in [7, 11) is -6.02. The Balaban J connectivity index is 0.715. The van der Waals surface area contributed by atoms with Crippen LogP contribution in [0.1, 0.15) is 152 Å². The van der Waals surface area contributed by atoms with Crippen molar-refractivity contribution in [2.75, 3.05) is 55.4 Å². The number of carbonyl (C=O) groups is 2. The topological polar surface area (TPSA) is 195 Å². The van der Waals surface area contributed by atoms with Crippen LogP contribution in [-0.4, -0.2) is 110 Å². The predicted molar refractivity (Wildman–Crippen MR) is 355 cm³/mol. The summed E-state index contributed by atoms with van der Waals surface area (Å²) in [5.41, 5.74) is 4.55. The van der Waals surface area contributed by atoms with E-state index in [1.54, 1.807) is 6.20 Å². The van der Waals surface area contributed by atoms with Crippen LogP contribution >= 0.6 is 22.2 Å². The lowest BCUT2D eigenvalue weighted by Crippen LogP contribution is -2.66. The number of fused-ring (bicyclic) bond motifs is 2. The maximum absolute atomic E-state index is 14.3. The van der Waals surface area contributed by atoms with Crippen LogP contribution in [0.2, 0.25) is 5.04 Å². The molecule has 1 aliphatic heterocycles. The van der Waals surface area contributed by atoms with Gasteiger partial charge >= 0.3 is 5.97 Å². The number of nitrogens with zero attached hydrogens (tertiary/aromatic N) is 6. The average Bonchev–Trinajstić information content (AvgIpc) is 0.715. The van der Waals surface area contributed by atoms with Gasteiger partial charge < -0.3 is 33.2 Å². The SMILES string of the molecule is Cc1c(-c2ccc(N3CCc4cccc(C(=O)Nc5nc6ncccc6s5)c4C3)nc2C(=O)OC(C)(C)C)cnn1CC12CC3(C)CC(C)(C1)CC(OCCNCCS(O)(O)OCC(C)(C)CCO[Si](c1ccccc1)(c1ccccc1)C(C)(C)C)(C3)C2. The molecule has 7 aromatic rings. The highest BCUT2D eigenvalue weighted by molar-refractivity contribution is 8.20. The normalized spacial score (nSPS) is 22.3. The smallest absolute Gasteiger partial charge is 0.358 e. The minimum absolute atomic E-state index is 0.0584. The summed E-state index contributed by atoms with van der Waals surface area (Å²) >= 11 is 1.39. The van der Waals surface area contributed by atoms with Crippen LogP contribution in [0.15, 0.2) is 116 Å². The quantitative estimate of drug-likeness (QED) is 0.0268. The number of nitrogens with one attached hydrogen (secondary N) is 2. The van der Waals surface area contributed by atoms with Gasteiger partial charge in [0.15, 0.2) is 16.5 Å². The van der Waals surface area contributed by atoms with Gasteiger partial charge in [0.1, 0.15) is 11.4 Å². The van der Waals surface area contributed by atoms with Gasteiger partial charge in [-0.05, 0) is 158 Å². The fourth-order valence-corrected chi connectivity index (χ4v) is 22.4. The molecule has 4 bridgehead atoms. The van der Waals surface area contributed by atoms with Gasteiger partial charge in [0.05, 0.1) is 46.3 Å². The van der Waals surface area contributed by atoms with Gasteiger partial charge in [-0.15, -0.1) is 0 Å². The van der Waals surface area contributed by atoms with E-state index >= 15 is 0 Å². The molecule has 5 aliphatic rings. The van der Waals surface area contributed by atoms with Gasteiger partial charge in [-0.2, -0.15) is 10.1 Å². The molecular weight excluding hydrogens is 1160 g/mol. The van der Waals surface area contributed by atoms with Gasteiger partial charge in [-0.25, -0.2) is 14.8 Å². The Bertz CT molecular complexity index is 3570. The molecule has 12 rings (SSSR count). The molecule has 2 atom stereocenters. The molecule has 4 aliphatic carbocycles. The van der Waals surface area contributed by atoms with Gasteiger partial charge in [-0.1, -0.05) is 133 Å². The molecule has 4 saturated carbocycles. The zero-order valence-corrected chi connectivity index (χ0v) is 56.0. The first-order valence-electron chi connectivity index (χ1n) is 31.2. The van der Waals surface area contributed by atoms with Crippen LogP contribution in [0, 0.1) is 28.6 Å². The van der Waals surface area contributed by atoms with Crippen molar-refractivity contribution < 1.29 is 36.8 Å². The molecule has 3 aromatic carbocycles. The van der Waals surface area contributed by atoms with Crippen molar-refractivity contribution in [1.82, 2.24) is 30.0 Å². The number of rotatable bonds is 23. The predicted octanol–water partition coefficient (Wildman–Crippen LogP) is 13.4. The maximum Gasteiger partial charge on any atom is 0.358 e. The average molecular weight is 1250 g/mol. The van der Waals surface area contributed by atoms with Crippen LogP contribution in [0.3, 0.4) is 0 Å². The molecule has 19 heteroatoms. The van der Waals surface area contributed by atoms with E-state index in [-0.39, 0.29) is 56.3 Å². The first-order valence-corrected chi connectivity index (χ1v) is 35.6. The Kier molecular flexibility index (Phi) is 17.7. The largest absolute Gasteiger partial charge is 0.455 e. The Morgan fingerprint density at radius 2 is 1.49 bits per heavy atom. The summed E-state index contributed by atoms with van der Waals surface area (Å²) in [5, 5.41) is 14.3. The number of carbonyl (C=O) groups excluding carboxylic acids is 2. The molecule has 4 fully saturated rings. The molecule has 1 amide bonds. The molecule has 4 N–H and O–H groups in total. The van der Waals surface area contributed by atoms with Gasteiger partial charge in [-0.3, -0.25) is 19.0 Å². The summed E-state index contributed by atoms with van der Waals surface area (Å²) in [6.07, 6.45) is 11.2. The van der Waals surface area contributed by atoms with Crippen molar-refractivity contribution in [3.8, 4) is 11.1 Å². The highest BCUT2D eigenvalue weighted by atomic mass is 32.3. The van der Waals surface area contributed by atoms with Crippen LogP contribution in [0.4, 0.5) is 10.9 Å². The fourth-order valence-electron chi connectivity index (χ4n) is 15.9. The number of thiazole rings is 1. The van der Waals surface area contributed by atoms with E-state index in [9.17, 15) is 18.7 Å². The number of benzene rings is 3. The molecule has 0 saturated heterocycles. The first-order chi connectivity index (χ1) is 41.6. The van der Waals surface area contributed by atoms with Crippen LogP contribution < -0.4 is 25.9 Å². The highest BCUT2D eigenvalue weighted by Gasteiger charge is 2.66. The van der Waals surface area contributed by atoms with Gasteiger partial charge in [0, 0.05) is 67.9 Å². The second kappa shape index (κ2) is 24.4. The molecule has 0 spiro atoms. The van der Waals surface area contributed by atoms with Gasteiger partial charge in [0.2, 0.25) is 0 Å². The highest BCUT2D eigenvalue weighted by Crippen LogP contribution is 2.72. The number of hydrogen-bond donors (Lipinski definition) is 4. The van der Waals surface area contributed by atoms with E-state index in [2.05, 4.69) is 140 Å². The Morgan fingerprint density at radius 3 is 2.16 bits per heavy atom. The van der Waals surface area contributed by atoms with E-state index in [0.29, 0.717) is 80.0 Å². The van der Waals surface area contributed by atoms with Crippen molar-refractivity contribution in [3.05, 3.63) is 144 Å². The number of amides is 1. The lowest BCUT2D eigenvalue weighted by atomic mass is 9.39. The minimum Gasteiger partial charge on any atom is -0.455 e. The molecule has 88 heavy (non-hydrogen) atoms. The van der Waals surface area contributed by atoms with Crippen molar-refractivity contribution >= 4 is 74.1 Å². The van der Waals surface area contributed by atoms with E-state index in [1.165, 1.54) is 21.7 Å². The zero-order chi connectivity index (χ0) is 62.5. The second-order valence-corrected chi connectivity index (χ2v) is 36.4. The summed E-state index contributed by atoms with van der Waals surface area (Å²) in [6.45, 7) is 27.5. The summed E-state index contributed by atoms with van der Waals surface area (Å²) < 4.78 is 51.6. The molecule has 2 unspecified atom stereocenters. The summed E-state index contributed by atoms with van der Waals surface area (Å²) in [4.78, 5) is 44.3. The Hall–Kier alpha value is -5.87. The Morgan fingerprint density at radius 1 is 0.784 bits per heavy atom. The number of pyridine rings is 2. The van der Waals surface area contributed by atoms with Crippen LogP contribution in [0.25, 0.3) is 21.5 Å². The van der Waals surface area contributed by atoms with Crippen molar-refractivity contribution in [2.45, 2.75) is 157 Å². The molecule has 470 valence electrons. The van der Waals surface area contributed by atoms with Crippen molar-refractivity contribution in [1.29, 1.82) is 0 Å². The maximum atomic E-state index is 14.3. The van der Waals surface area contributed by atoms with E-state index in [0.717, 1.165) is 72.2 Å². The van der Waals surface area contributed by atoms with Gasteiger partial charge in [0.25, 0.3) is 14.2 Å². The molecule has 5 heterocycles. The summed E-state index contributed by atoms with van der Waals surface area (Å²) in [6, 6.07) is 34.8. The molecule has 0 radical (unpaired) electrons. The number of aromatic nitrogens is 5. The minimum atomic E-state index is -3.31. The lowest BCUT2D eigenvalue weighted by Gasteiger charge is -2.69. The zero-order valence-electron chi connectivity index (χ0n) is 53.3. The lowest BCUT2D eigenvalue weighted by molar-refractivity contribution is -0.247. The first kappa shape index (κ1) is 63.7. The standard InChI is InChI=1S/C69H90N8O8S2Si/c1-48-54(52-27-28-57(73-58(52)61(79)85-63(2,3)4)76-34-29-49-20-18-25-53(55(49)39-76)60(78)75-62-74-59-56(86-62)26-19-31-71-59)38-72-77(48)46-68-41-66(10)40-67(11,42-68)44-69(43-66,45-68)82-36-32-70-33-37-87(80,81)83-47-65(8,9)30-35-84-88(64(5,6)7,50-21-14-12-15-22-50)51-23-16-13-17-24-51/h12-28,31,38,70,80-81H,29-30,32-37,39-47H2,1-11H3,(H,71,74,75,78). The van der Waals surface area contributed by atoms with E-state index < -0.39 is 30.8 Å². The number of hydrogen-bond acceptors (Lipinski definition) is 15.